The molecule has 1 heterocycles. The molecule has 0 amide bonds. The van der Waals surface area contributed by atoms with E-state index < -0.39 is 0 Å². The maximum Gasteiger partial charge on any atom is 0.0411 e. The van der Waals surface area contributed by atoms with Crippen LogP contribution in [-0.4, -0.2) is 0 Å². The molecule has 1 nitrogen and oxygen atoms in total. The summed E-state index contributed by atoms with van der Waals surface area (Å²) in [5, 5.41) is 3.40. The summed E-state index contributed by atoms with van der Waals surface area (Å²) in [6.07, 6.45) is 5.38. The van der Waals surface area contributed by atoms with Gasteiger partial charge in [0.2, 0.25) is 0 Å². The van der Waals surface area contributed by atoms with Crippen molar-refractivity contribution in [3.63, 3.8) is 0 Å². The van der Waals surface area contributed by atoms with Gasteiger partial charge in [-0.3, -0.25) is 0 Å². The maximum absolute atomic E-state index is 5.38. The molecule has 1 N–H and O–H groups in total. The Balaban J connectivity index is 2.07. The molecule has 0 radical (unpaired) electrons. The lowest BCUT2D eigenvalue weighted by Crippen LogP contribution is -1.99. The highest BCUT2D eigenvalue weighted by Crippen LogP contribution is 2.21. The van der Waals surface area contributed by atoms with E-state index in [1.54, 1.807) is 0 Å². The van der Waals surface area contributed by atoms with E-state index in [0.717, 1.165) is 17.8 Å². The lowest BCUT2D eigenvalue weighted by molar-refractivity contribution is 1.14. The summed E-state index contributed by atoms with van der Waals surface area (Å²) in [6.45, 7) is 5.15. The van der Waals surface area contributed by atoms with Crippen LogP contribution in [0.1, 0.15) is 20.9 Å². The Morgan fingerprint density at radius 1 is 1.29 bits per heavy atom. The minimum Gasteiger partial charge on any atom is -0.381 e. The second-order valence-corrected chi connectivity index (χ2v) is 5.48. The predicted molar refractivity (Wildman–Crippen MR) is 75.5 cm³/mol. The van der Waals surface area contributed by atoms with Crippen molar-refractivity contribution in [1.29, 1.82) is 0 Å². The minimum absolute atomic E-state index is 0.851. The number of benzene rings is 1. The third kappa shape index (κ3) is 2.89. The molecular formula is C15H15NS. The first-order valence-electron chi connectivity index (χ1n) is 5.55. The standard InChI is InChI=1S/C15H15NS/c1-4-13-6-5-7-15(9-13)16-10-14-8-11(2)17-12(14)3/h1,5-9,16H,10H2,2-3H3. The second-order valence-electron chi connectivity index (χ2n) is 4.02. The largest absolute Gasteiger partial charge is 0.381 e. The van der Waals surface area contributed by atoms with Crippen LogP contribution in [0.3, 0.4) is 0 Å². The van der Waals surface area contributed by atoms with Crippen molar-refractivity contribution in [2.75, 3.05) is 5.32 Å². The summed E-state index contributed by atoms with van der Waals surface area (Å²) in [6, 6.07) is 10.2. The van der Waals surface area contributed by atoms with Gasteiger partial charge in [-0.2, -0.15) is 0 Å². The third-order valence-electron chi connectivity index (χ3n) is 2.66. The smallest absolute Gasteiger partial charge is 0.0411 e. The van der Waals surface area contributed by atoms with Gasteiger partial charge >= 0.3 is 0 Å². The highest BCUT2D eigenvalue weighted by atomic mass is 32.1. The van der Waals surface area contributed by atoms with Gasteiger partial charge in [-0.05, 0) is 43.7 Å². The SMILES string of the molecule is C#Cc1cccc(NCc2cc(C)sc2C)c1. The molecule has 0 spiro atoms. The van der Waals surface area contributed by atoms with E-state index in [4.69, 9.17) is 6.42 Å². The Morgan fingerprint density at radius 3 is 2.76 bits per heavy atom. The lowest BCUT2D eigenvalue weighted by Gasteiger charge is -2.06. The fourth-order valence-electron chi connectivity index (χ4n) is 1.78. The normalized spacial score (nSPS) is 9.94. The summed E-state index contributed by atoms with van der Waals surface area (Å²) < 4.78 is 0. The zero-order valence-corrected chi connectivity index (χ0v) is 10.9. The van der Waals surface area contributed by atoms with Crippen molar-refractivity contribution in [2.45, 2.75) is 20.4 Å². The van der Waals surface area contributed by atoms with Gasteiger partial charge in [0.25, 0.3) is 0 Å². The molecule has 0 atom stereocenters. The second kappa shape index (κ2) is 5.07. The van der Waals surface area contributed by atoms with Crippen molar-refractivity contribution >= 4 is 17.0 Å². The third-order valence-corrected chi connectivity index (χ3v) is 3.66. The summed E-state index contributed by atoms with van der Waals surface area (Å²) >= 11 is 1.84. The quantitative estimate of drug-likeness (QED) is 0.802. The summed E-state index contributed by atoms with van der Waals surface area (Å²) in [5.41, 5.74) is 3.34. The summed E-state index contributed by atoms with van der Waals surface area (Å²) in [5.74, 6) is 2.64. The van der Waals surface area contributed by atoms with Crippen molar-refractivity contribution in [3.05, 3.63) is 51.2 Å². The molecule has 0 saturated heterocycles. The van der Waals surface area contributed by atoms with Crippen LogP contribution in [0.5, 0.6) is 0 Å². The van der Waals surface area contributed by atoms with E-state index in [9.17, 15) is 0 Å². The highest BCUT2D eigenvalue weighted by Gasteiger charge is 2.02. The maximum atomic E-state index is 5.38. The van der Waals surface area contributed by atoms with E-state index >= 15 is 0 Å². The van der Waals surface area contributed by atoms with Crippen LogP contribution < -0.4 is 5.32 Å². The van der Waals surface area contributed by atoms with Crippen LogP contribution in [0.4, 0.5) is 5.69 Å². The number of anilines is 1. The molecule has 0 bridgehead atoms. The fraction of sp³-hybridized carbons (Fsp3) is 0.200. The van der Waals surface area contributed by atoms with E-state index in [1.165, 1.54) is 15.3 Å². The Hall–Kier alpha value is -1.72. The predicted octanol–water partition coefficient (Wildman–Crippen LogP) is 3.96. The van der Waals surface area contributed by atoms with Gasteiger partial charge in [0.1, 0.15) is 0 Å². The molecule has 1 aromatic heterocycles. The summed E-state index contributed by atoms with van der Waals surface area (Å²) in [4.78, 5) is 2.74. The van der Waals surface area contributed by atoms with Crippen LogP contribution in [0.2, 0.25) is 0 Å². The number of aryl methyl sites for hydroxylation is 2. The topological polar surface area (TPSA) is 12.0 Å². The highest BCUT2D eigenvalue weighted by molar-refractivity contribution is 7.12. The van der Waals surface area contributed by atoms with Crippen molar-refractivity contribution in [3.8, 4) is 12.3 Å². The first kappa shape index (κ1) is 11.8. The van der Waals surface area contributed by atoms with Crippen LogP contribution in [0.15, 0.2) is 30.3 Å². The first-order chi connectivity index (χ1) is 8.19. The molecule has 0 aliphatic heterocycles. The first-order valence-corrected chi connectivity index (χ1v) is 6.37. The van der Waals surface area contributed by atoms with Gasteiger partial charge in [-0.15, -0.1) is 17.8 Å². The molecule has 1 aromatic carbocycles. The molecule has 2 heteroatoms. The molecule has 0 aliphatic rings. The number of rotatable bonds is 3. The van der Waals surface area contributed by atoms with Crippen LogP contribution in [0.25, 0.3) is 0 Å². The molecule has 2 aromatic rings. The zero-order valence-electron chi connectivity index (χ0n) is 10.1. The van der Waals surface area contributed by atoms with E-state index in [2.05, 4.69) is 31.2 Å². The van der Waals surface area contributed by atoms with E-state index in [-0.39, 0.29) is 0 Å². The number of thiophene rings is 1. The number of hydrogen-bond donors (Lipinski definition) is 1. The van der Waals surface area contributed by atoms with E-state index in [1.807, 2.05) is 35.6 Å². The number of terminal acetylenes is 1. The zero-order chi connectivity index (χ0) is 12.3. The van der Waals surface area contributed by atoms with Gasteiger partial charge in [0.05, 0.1) is 0 Å². The molecule has 2 rings (SSSR count). The van der Waals surface area contributed by atoms with Crippen LogP contribution in [-0.2, 0) is 6.54 Å². The van der Waals surface area contributed by atoms with Gasteiger partial charge in [0, 0.05) is 27.5 Å². The monoisotopic (exact) mass is 241 g/mol. The molecule has 0 aliphatic carbocycles. The van der Waals surface area contributed by atoms with Gasteiger partial charge in [-0.25, -0.2) is 0 Å². The number of nitrogens with one attached hydrogen (secondary N) is 1. The average molecular weight is 241 g/mol. The molecule has 17 heavy (non-hydrogen) atoms. The van der Waals surface area contributed by atoms with Crippen molar-refractivity contribution < 1.29 is 0 Å². The minimum atomic E-state index is 0.851. The van der Waals surface area contributed by atoms with Crippen LogP contribution >= 0.6 is 11.3 Å². The molecule has 0 unspecified atom stereocenters. The van der Waals surface area contributed by atoms with Crippen LogP contribution in [0, 0.1) is 26.2 Å². The average Bonchev–Trinajstić information content (AvgIpc) is 2.65. The molecule has 0 saturated carbocycles. The summed E-state index contributed by atoms with van der Waals surface area (Å²) in [7, 11) is 0. The van der Waals surface area contributed by atoms with Gasteiger partial charge in [0.15, 0.2) is 0 Å². The Bertz CT molecular complexity index is 561. The van der Waals surface area contributed by atoms with Crippen molar-refractivity contribution in [1.82, 2.24) is 0 Å². The Morgan fingerprint density at radius 2 is 2.12 bits per heavy atom. The molecule has 0 fully saturated rings. The van der Waals surface area contributed by atoms with Gasteiger partial charge < -0.3 is 5.32 Å². The Kier molecular flexibility index (Phi) is 3.51. The van der Waals surface area contributed by atoms with E-state index in [0.29, 0.717) is 0 Å². The number of hydrogen-bond acceptors (Lipinski definition) is 2. The molecule has 86 valence electrons. The van der Waals surface area contributed by atoms with Gasteiger partial charge in [-0.1, -0.05) is 12.0 Å². The fourth-order valence-corrected chi connectivity index (χ4v) is 2.72. The van der Waals surface area contributed by atoms with Crippen molar-refractivity contribution in [2.24, 2.45) is 0 Å². The Labute approximate surface area is 107 Å². The molecular weight excluding hydrogens is 226 g/mol. The lowest BCUT2D eigenvalue weighted by atomic mass is 10.2.